The third-order valence-electron chi connectivity index (χ3n) is 1.39. The van der Waals surface area contributed by atoms with Crippen molar-refractivity contribution in [1.29, 1.82) is 0 Å². The van der Waals surface area contributed by atoms with E-state index in [0.717, 1.165) is 5.56 Å². The summed E-state index contributed by atoms with van der Waals surface area (Å²) in [6.07, 6.45) is 0. The molecule has 11 heavy (non-hydrogen) atoms. The van der Waals surface area contributed by atoms with Crippen molar-refractivity contribution in [3.63, 3.8) is 0 Å². The van der Waals surface area contributed by atoms with Crippen molar-refractivity contribution in [3.05, 3.63) is 34.9 Å². The summed E-state index contributed by atoms with van der Waals surface area (Å²) in [4.78, 5) is 0. The molecule has 0 spiro atoms. The minimum atomic E-state index is 0.563. The van der Waals surface area contributed by atoms with E-state index in [1.807, 2.05) is 12.1 Å². The van der Waals surface area contributed by atoms with Gasteiger partial charge in [0.15, 0.2) is 0 Å². The zero-order valence-corrected chi connectivity index (χ0v) is 6.84. The third kappa shape index (κ3) is 1.95. The number of hydrogen-bond acceptors (Lipinski definition) is 2. The first kappa shape index (κ1) is 8.08. The molecular formula is C8H8ClNO. The summed E-state index contributed by atoms with van der Waals surface area (Å²) >= 11 is 5.71. The fourth-order valence-electron chi connectivity index (χ4n) is 0.771. The first-order valence-corrected chi connectivity index (χ1v) is 3.56. The Kier molecular flexibility index (Phi) is 2.49. The summed E-state index contributed by atoms with van der Waals surface area (Å²) in [6, 6.07) is 7.17. The molecule has 3 heteroatoms. The van der Waals surface area contributed by atoms with Crippen LogP contribution in [0.5, 0.6) is 0 Å². The van der Waals surface area contributed by atoms with Gasteiger partial charge in [-0.15, -0.1) is 0 Å². The van der Waals surface area contributed by atoms with Gasteiger partial charge in [0.05, 0.1) is 5.71 Å². The van der Waals surface area contributed by atoms with Crippen LogP contribution in [0.25, 0.3) is 0 Å². The van der Waals surface area contributed by atoms with Gasteiger partial charge in [0.1, 0.15) is 0 Å². The topological polar surface area (TPSA) is 32.6 Å². The van der Waals surface area contributed by atoms with Crippen molar-refractivity contribution >= 4 is 17.3 Å². The first-order chi connectivity index (χ1) is 5.24. The van der Waals surface area contributed by atoms with Crippen molar-refractivity contribution in [1.82, 2.24) is 0 Å². The minimum Gasteiger partial charge on any atom is -0.411 e. The summed E-state index contributed by atoms with van der Waals surface area (Å²) in [6.45, 7) is 1.71. The van der Waals surface area contributed by atoms with Gasteiger partial charge in [0.25, 0.3) is 0 Å². The van der Waals surface area contributed by atoms with Gasteiger partial charge >= 0.3 is 0 Å². The Labute approximate surface area is 70.1 Å². The summed E-state index contributed by atoms with van der Waals surface area (Å²) in [5.41, 5.74) is 1.40. The molecule has 1 aromatic carbocycles. The maximum Gasteiger partial charge on any atom is 0.0837 e. The van der Waals surface area contributed by atoms with E-state index < -0.39 is 0 Å². The number of nitrogens with zero attached hydrogens (tertiary/aromatic N) is 1. The van der Waals surface area contributed by atoms with Crippen LogP contribution in [0.1, 0.15) is 12.5 Å². The second kappa shape index (κ2) is 3.39. The van der Waals surface area contributed by atoms with Crippen LogP contribution in [0, 0.1) is 0 Å². The molecule has 1 rings (SSSR count). The van der Waals surface area contributed by atoms with Gasteiger partial charge in [0.2, 0.25) is 0 Å². The molecule has 0 unspecified atom stereocenters. The highest BCUT2D eigenvalue weighted by atomic mass is 35.5. The largest absolute Gasteiger partial charge is 0.411 e. The van der Waals surface area contributed by atoms with Crippen LogP contribution in [-0.4, -0.2) is 10.9 Å². The molecule has 58 valence electrons. The quantitative estimate of drug-likeness (QED) is 0.391. The Morgan fingerprint density at radius 3 is 2.82 bits per heavy atom. The van der Waals surface area contributed by atoms with Gasteiger partial charge in [-0.05, 0) is 19.1 Å². The second-order valence-electron chi connectivity index (χ2n) is 2.20. The fourth-order valence-corrected chi connectivity index (χ4v) is 0.962. The first-order valence-electron chi connectivity index (χ1n) is 3.18. The van der Waals surface area contributed by atoms with Crippen LogP contribution in [0.2, 0.25) is 5.02 Å². The smallest absolute Gasteiger partial charge is 0.0837 e. The average Bonchev–Trinajstić information content (AvgIpc) is 2.03. The SMILES string of the molecule is CC(=NO)c1cccc(Cl)c1. The molecule has 0 heterocycles. The van der Waals surface area contributed by atoms with Crippen molar-refractivity contribution < 1.29 is 5.21 Å². The molecule has 0 amide bonds. The molecule has 0 radical (unpaired) electrons. The van der Waals surface area contributed by atoms with E-state index in [1.165, 1.54) is 0 Å². The summed E-state index contributed by atoms with van der Waals surface area (Å²) < 4.78 is 0. The molecule has 0 bridgehead atoms. The van der Waals surface area contributed by atoms with E-state index in [4.69, 9.17) is 16.8 Å². The molecule has 0 aliphatic carbocycles. The Bertz CT molecular complexity index is 283. The monoisotopic (exact) mass is 169 g/mol. The van der Waals surface area contributed by atoms with E-state index in [0.29, 0.717) is 10.7 Å². The van der Waals surface area contributed by atoms with E-state index in [9.17, 15) is 0 Å². The van der Waals surface area contributed by atoms with Gasteiger partial charge < -0.3 is 5.21 Å². The highest BCUT2D eigenvalue weighted by Crippen LogP contribution is 2.10. The van der Waals surface area contributed by atoms with Gasteiger partial charge in [0, 0.05) is 10.6 Å². The van der Waals surface area contributed by atoms with E-state index in [-0.39, 0.29) is 0 Å². The Morgan fingerprint density at radius 2 is 2.27 bits per heavy atom. The maximum atomic E-state index is 8.42. The molecule has 0 aliphatic heterocycles. The number of halogens is 1. The van der Waals surface area contributed by atoms with Crippen LogP contribution in [-0.2, 0) is 0 Å². The van der Waals surface area contributed by atoms with E-state index in [2.05, 4.69) is 5.16 Å². The van der Waals surface area contributed by atoms with Crippen LogP contribution in [0.4, 0.5) is 0 Å². The van der Waals surface area contributed by atoms with Gasteiger partial charge in [-0.25, -0.2) is 0 Å². The lowest BCUT2D eigenvalue weighted by Gasteiger charge is -1.97. The molecular weight excluding hydrogens is 162 g/mol. The summed E-state index contributed by atoms with van der Waals surface area (Å²) in [7, 11) is 0. The van der Waals surface area contributed by atoms with Crippen molar-refractivity contribution in [3.8, 4) is 0 Å². The van der Waals surface area contributed by atoms with E-state index in [1.54, 1.807) is 19.1 Å². The molecule has 0 aliphatic rings. The predicted octanol–water partition coefficient (Wildman–Crippen LogP) is 2.54. The predicted molar refractivity (Wildman–Crippen MR) is 45.4 cm³/mol. The second-order valence-corrected chi connectivity index (χ2v) is 2.63. The molecule has 0 saturated carbocycles. The van der Waals surface area contributed by atoms with Crippen molar-refractivity contribution in [2.75, 3.05) is 0 Å². The lowest BCUT2D eigenvalue weighted by atomic mass is 10.1. The number of hydrogen-bond donors (Lipinski definition) is 1. The molecule has 0 saturated heterocycles. The molecule has 0 aromatic heterocycles. The molecule has 0 atom stereocenters. The van der Waals surface area contributed by atoms with Gasteiger partial charge in [-0.3, -0.25) is 0 Å². The van der Waals surface area contributed by atoms with Gasteiger partial charge in [-0.1, -0.05) is 28.9 Å². The minimum absolute atomic E-state index is 0.563. The van der Waals surface area contributed by atoms with E-state index >= 15 is 0 Å². The standard InChI is InChI=1S/C8H8ClNO/c1-6(10-11)7-3-2-4-8(9)5-7/h2-5,11H,1H3. The Balaban J connectivity index is 3.06. The normalized spacial score (nSPS) is 11.6. The zero-order chi connectivity index (χ0) is 8.27. The maximum absolute atomic E-state index is 8.42. The molecule has 0 fully saturated rings. The van der Waals surface area contributed by atoms with Crippen molar-refractivity contribution in [2.45, 2.75) is 6.92 Å². The third-order valence-corrected chi connectivity index (χ3v) is 1.63. The van der Waals surface area contributed by atoms with Crippen molar-refractivity contribution in [2.24, 2.45) is 5.16 Å². The highest BCUT2D eigenvalue weighted by molar-refractivity contribution is 6.31. The molecule has 1 N–H and O–H groups in total. The van der Waals surface area contributed by atoms with Crippen LogP contribution < -0.4 is 0 Å². The highest BCUT2D eigenvalue weighted by Gasteiger charge is 1.96. The van der Waals surface area contributed by atoms with Crippen LogP contribution in [0.3, 0.4) is 0 Å². The zero-order valence-electron chi connectivity index (χ0n) is 6.08. The lowest BCUT2D eigenvalue weighted by molar-refractivity contribution is 0.319. The van der Waals surface area contributed by atoms with Crippen LogP contribution >= 0.6 is 11.6 Å². The van der Waals surface area contributed by atoms with Crippen LogP contribution in [0.15, 0.2) is 29.4 Å². The number of benzene rings is 1. The molecule has 2 nitrogen and oxygen atoms in total. The Hall–Kier alpha value is -1.02. The Morgan fingerprint density at radius 1 is 1.55 bits per heavy atom. The molecule has 1 aromatic rings. The summed E-state index contributed by atoms with van der Waals surface area (Å²) in [5, 5.41) is 12.1. The fraction of sp³-hybridized carbons (Fsp3) is 0.125. The van der Waals surface area contributed by atoms with Gasteiger partial charge in [-0.2, -0.15) is 0 Å². The average molecular weight is 170 g/mol. The summed E-state index contributed by atoms with van der Waals surface area (Å²) in [5.74, 6) is 0. The number of rotatable bonds is 1. The number of oxime groups is 1. The lowest BCUT2D eigenvalue weighted by Crippen LogP contribution is -1.92.